The average molecular weight is 371 g/mol. The van der Waals surface area contributed by atoms with Gasteiger partial charge in [0.15, 0.2) is 0 Å². The molecule has 1 amide bonds. The highest BCUT2D eigenvalue weighted by Crippen LogP contribution is 2.50. The van der Waals surface area contributed by atoms with E-state index in [0.717, 1.165) is 0 Å². The number of hydrogen-bond acceptors (Lipinski definition) is 7. The maximum absolute atomic E-state index is 12.0. The quantitative estimate of drug-likeness (QED) is 0.400. The van der Waals surface area contributed by atoms with Crippen molar-refractivity contribution in [1.29, 1.82) is 0 Å². The molecule has 8 nitrogen and oxygen atoms in total. The van der Waals surface area contributed by atoms with Gasteiger partial charge in [0.05, 0.1) is 19.3 Å². The molecule has 1 saturated heterocycles. The molecular formula is C18H29NO7. The van der Waals surface area contributed by atoms with Crippen LogP contribution in [-0.2, 0) is 28.5 Å². The van der Waals surface area contributed by atoms with Crippen LogP contribution in [-0.4, -0.2) is 67.0 Å². The van der Waals surface area contributed by atoms with Gasteiger partial charge in [-0.1, -0.05) is 0 Å². The second-order valence-corrected chi connectivity index (χ2v) is 7.89. The van der Waals surface area contributed by atoms with Crippen LogP contribution in [0.3, 0.4) is 0 Å². The van der Waals surface area contributed by atoms with Crippen molar-refractivity contribution in [3.05, 3.63) is 0 Å². The minimum Gasteiger partial charge on any atom is -0.464 e. The Morgan fingerprint density at radius 2 is 1.54 bits per heavy atom. The lowest BCUT2D eigenvalue weighted by Crippen LogP contribution is -2.66. The van der Waals surface area contributed by atoms with Gasteiger partial charge in [-0.3, -0.25) is 0 Å². The summed E-state index contributed by atoms with van der Waals surface area (Å²) in [5, 5.41) is 0. The summed E-state index contributed by atoms with van der Waals surface area (Å²) in [5.74, 6) is -1.45. The Balaban J connectivity index is 1.81. The van der Waals surface area contributed by atoms with Crippen molar-refractivity contribution >= 4 is 18.0 Å². The van der Waals surface area contributed by atoms with Crippen molar-refractivity contribution in [2.24, 2.45) is 5.41 Å². The van der Waals surface area contributed by atoms with E-state index in [1.165, 1.54) is 0 Å². The van der Waals surface area contributed by atoms with Crippen LogP contribution in [0.25, 0.3) is 0 Å². The van der Waals surface area contributed by atoms with Crippen LogP contribution in [0, 0.1) is 5.41 Å². The lowest BCUT2D eigenvalue weighted by molar-refractivity contribution is -0.197. The lowest BCUT2D eigenvalue weighted by atomic mass is 9.62. The molecule has 0 unspecified atom stereocenters. The van der Waals surface area contributed by atoms with Gasteiger partial charge in [-0.2, -0.15) is 0 Å². The molecule has 1 spiro atoms. The Bertz CT molecular complexity index is 522. The molecule has 1 heterocycles. The number of carbonyl (C=O) groups excluding carboxylic acids is 3. The summed E-state index contributed by atoms with van der Waals surface area (Å²) in [6, 6.07) is 0. The predicted molar refractivity (Wildman–Crippen MR) is 91.4 cm³/mol. The van der Waals surface area contributed by atoms with Crippen LogP contribution >= 0.6 is 0 Å². The van der Waals surface area contributed by atoms with Gasteiger partial charge in [0.2, 0.25) is 0 Å². The first kappa shape index (κ1) is 20.5. The van der Waals surface area contributed by atoms with Crippen molar-refractivity contribution in [3.63, 3.8) is 0 Å². The van der Waals surface area contributed by atoms with Crippen LogP contribution in [0.4, 0.5) is 4.79 Å². The van der Waals surface area contributed by atoms with Gasteiger partial charge in [-0.05, 0) is 47.5 Å². The Morgan fingerprint density at radius 3 is 1.96 bits per heavy atom. The minimum atomic E-state index is -1.35. The zero-order valence-electron chi connectivity index (χ0n) is 16.2. The number of esters is 2. The van der Waals surface area contributed by atoms with Crippen molar-refractivity contribution in [1.82, 2.24) is 4.90 Å². The van der Waals surface area contributed by atoms with E-state index in [0.29, 0.717) is 25.9 Å². The van der Waals surface area contributed by atoms with E-state index in [-0.39, 0.29) is 30.8 Å². The number of nitrogens with zero attached hydrogens (tertiary/aromatic N) is 1. The van der Waals surface area contributed by atoms with Crippen LogP contribution in [0.15, 0.2) is 0 Å². The number of ether oxygens (including phenoxy) is 4. The number of amides is 1. The van der Waals surface area contributed by atoms with E-state index >= 15 is 0 Å². The third kappa shape index (κ3) is 4.87. The molecule has 0 aromatic carbocycles. The SMILES string of the molecule is CCOC(=O)C(OC1CC2(C1)CN(C(=O)OC(C)(C)C)C2)C(=O)OCC. The summed E-state index contributed by atoms with van der Waals surface area (Å²) >= 11 is 0. The largest absolute Gasteiger partial charge is 0.464 e. The first-order valence-electron chi connectivity index (χ1n) is 9.06. The van der Waals surface area contributed by atoms with Crippen LogP contribution in [0.1, 0.15) is 47.5 Å². The monoisotopic (exact) mass is 371 g/mol. The van der Waals surface area contributed by atoms with Crippen molar-refractivity contribution < 1.29 is 33.3 Å². The van der Waals surface area contributed by atoms with Crippen LogP contribution < -0.4 is 0 Å². The molecule has 2 rings (SSSR count). The summed E-state index contributed by atoms with van der Waals surface area (Å²) in [6.07, 6.45) is -0.527. The van der Waals surface area contributed by atoms with Crippen molar-refractivity contribution in [2.45, 2.75) is 65.3 Å². The summed E-state index contributed by atoms with van der Waals surface area (Å²) in [6.45, 7) is 10.4. The molecule has 1 aliphatic carbocycles. The first-order chi connectivity index (χ1) is 12.1. The first-order valence-corrected chi connectivity index (χ1v) is 9.06. The summed E-state index contributed by atoms with van der Waals surface area (Å²) in [4.78, 5) is 37.5. The van der Waals surface area contributed by atoms with E-state index in [1.54, 1.807) is 18.7 Å². The van der Waals surface area contributed by atoms with Gasteiger partial charge >= 0.3 is 18.0 Å². The molecular weight excluding hydrogens is 342 g/mol. The van der Waals surface area contributed by atoms with E-state index < -0.39 is 23.6 Å². The Morgan fingerprint density at radius 1 is 1.04 bits per heavy atom. The van der Waals surface area contributed by atoms with E-state index in [1.807, 2.05) is 20.8 Å². The van der Waals surface area contributed by atoms with Gasteiger partial charge in [-0.25, -0.2) is 14.4 Å². The molecule has 26 heavy (non-hydrogen) atoms. The Kier molecular flexibility index (Phi) is 6.16. The number of rotatable bonds is 6. The summed E-state index contributed by atoms with van der Waals surface area (Å²) < 4.78 is 20.8. The predicted octanol–water partition coefficient (Wildman–Crippen LogP) is 1.90. The minimum absolute atomic E-state index is 0.00452. The molecule has 0 atom stereocenters. The van der Waals surface area contributed by atoms with Gasteiger partial charge in [0.25, 0.3) is 6.10 Å². The molecule has 0 aromatic rings. The van der Waals surface area contributed by atoms with Crippen LogP contribution in [0.2, 0.25) is 0 Å². The second kappa shape index (κ2) is 7.82. The second-order valence-electron chi connectivity index (χ2n) is 7.89. The van der Waals surface area contributed by atoms with Gasteiger partial charge in [-0.15, -0.1) is 0 Å². The molecule has 2 fully saturated rings. The van der Waals surface area contributed by atoms with Crippen molar-refractivity contribution in [2.75, 3.05) is 26.3 Å². The van der Waals surface area contributed by atoms with Gasteiger partial charge < -0.3 is 23.8 Å². The smallest absolute Gasteiger partial charge is 0.410 e. The molecule has 1 aliphatic heterocycles. The van der Waals surface area contributed by atoms with Gasteiger partial charge in [0.1, 0.15) is 5.60 Å². The highest BCUT2D eigenvalue weighted by Gasteiger charge is 2.56. The maximum Gasteiger partial charge on any atom is 0.410 e. The zero-order chi connectivity index (χ0) is 19.5. The molecule has 0 radical (unpaired) electrons. The Labute approximate surface area is 154 Å². The molecule has 0 aromatic heterocycles. The maximum atomic E-state index is 12.0. The van der Waals surface area contributed by atoms with E-state index in [4.69, 9.17) is 18.9 Å². The fourth-order valence-electron chi connectivity index (χ4n) is 3.32. The topological polar surface area (TPSA) is 91.4 Å². The molecule has 8 heteroatoms. The molecule has 2 aliphatic rings. The summed E-state index contributed by atoms with van der Waals surface area (Å²) in [7, 11) is 0. The van der Waals surface area contributed by atoms with Gasteiger partial charge in [0, 0.05) is 18.5 Å². The van der Waals surface area contributed by atoms with E-state index in [2.05, 4.69) is 0 Å². The fraction of sp³-hybridized carbons (Fsp3) is 0.833. The fourth-order valence-corrected chi connectivity index (χ4v) is 3.32. The highest BCUT2D eigenvalue weighted by molar-refractivity contribution is 5.98. The standard InChI is InChI=1S/C18H29NO7/c1-6-23-14(20)13(15(21)24-7-2)25-12-8-18(9-12)10-19(11-18)16(22)26-17(3,4)5/h12-13H,6-11H2,1-5H3. The van der Waals surface area contributed by atoms with E-state index in [9.17, 15) is 14.4 Å². The highest BCUT2D eigenvalue weighted by atomic mass is 16.6. The van der Waals surface area contributed by atoms with Crippen molar-refractivity contribution in [3.8, 4) is 0 Å². The Hall–Kier alpha value is -1.83. The van der Waals surface area contributed by atoms with Crippen LogP contribution in [0.5, 0.6) is 0 Å². The third-order valence-corrected chi connectivity index (χ3v) is 4.36. The molecule has 1 saturated carbocycles. The number of carbonyl (C=O) groups is 3. The average Bonchev–Trinajstić information content (AvgIpc) is 2.42. The number of hydrogen-bond donors (Lipinski definition) is 0. The number of likely N-dealkylation sites (tertiary alicyclic amines) is 1. The summed E-state index contributed by atoms with van der Waals surface area (Å²) in [5.41, 5.74) is -0.521. The molecule has 148 valence electrons. The lowest BCUT2D eigenvalue weighted by Gasteiger charge is -2.58. The zero-order valence-corrected chi connectivity index (χ0v) is 16.2. The normalized spacial score (nSPS) is 18.9. The molecule has 0 bridgehead atoms. The third-order valence-electron chi connectivity index (χ3n) is 4.36. The molecule has 0 N–H and O–H groups in total.